The number of para-hydroxylation sites is 1. The third kappa shape index (κ3) is 3.43. The molecule has 0 amide bonds. The molecule has 2 aromatic rings. The summed E-state index contributed by atoms with van der Waals surface area (Å²) in [6.07, 6.45) is -12.2. The number of pyridine rings is 1. The van der Waals surface area contributed by atoms with Crippen LogP contribution in [0.25, 0.3) is 10.9 Å². The molecular formula is C13H8F8N2O3S. The molecule has 0 aliphatic heterocycles. The summed E-state index contributed by atoms with van der Waals surface area (Å²) in [6, 6.07) is 4.84. The Morgan fingerprint density at radius 1 is 0.889 bits per heavy atom. The average Bonchev–Trinajstić information content (AvgIpc) is 2.51. The van der Waals surface area contributed by atoms with Gasteiger partial charge in [0.15, 0.2) is 0 Å². The number of aromatic nitrogens is 1. The third-order valence-corrected chi connectivity index (χ3v) is 4.26. The second-order valence-electron chi connectivity index (χ2n) is 5.15. The molecule has 0 aliphatic carbocycles. The van der Waals surface area contributed by atoms with Crippen LogP contribution in [-0.4, -0.2) is 30.9 Å². The minimum absolute atomic E-state index is 0.230. The number of sulfonamides is 1. The van der Waals surface area contributed by atoms with Crippen molar-refractivity contribution in [2.75, 3.05) is 0 Å². The fourth-order valence-corrected chi connectivity index (χ4v) is 2.35. The number of ether oxygens (including phenoxy) is 1. The normalized spacial score (nSPS) is 14.6. The monoisotopic (exact) mass is 424 g/mol. The number of primary sulfonamides is 1. The maximum Gasteiger partial charge on any atom is 0.448 e. The number of benzene rings is 1. The van der Waals surface area contributed by atoms with Gasteiger partial charge < -0.3 is 0 Å². The summed E-state index contributed by atoms with van der Waals surface area (Å²) in [5, 5.41) is -3.17. The Kier molecular flexibility index (Phi) is 4.91. The quantitative estimate of drug-likeness (QED) is 0.721. The van der Waals surface area contributed by atoms with Crippen molar-refractivity contribution in [2.45, 2.75) is 23.4 Å². The van der Waals surface area contributed by atoms with E-state index in [1.807, 2.05) is 0 Å². The predicted molar refractivity (Wildman–Crippen MR) is 74.7 cm³/mol. The van der Waals surface area contributed by atoms with Crippen LogP contribution in [0.3, 0.4) is 0 Å². The van der Waals surface area contributed by atoms with Crippen LogP contribution in [0, 0.1) is 0 Å². The summed E-state index contributed by atoms with van der Waals surface area (Å²) >= 11 is 0. The molecule has 2 N–H and O–H groups in total. The van der Waals surface area contributed by atoms with Gasteiger partial charge in [-0.25, -0.2) is 18.3 Å². The Bertz CT molecular complexity index is 960. The Balaban J connectivity index is 2.54. The van der Waals surface area contributed by atoms with Gasteiger partial charge in [0.1, 0.15) is 0 Å². The van der Waals surface area contributed by atoms with Crippen molar-refractivity contribution in [3.8, 4) is 0 Å². The highest BCUT2D eigenvalue weighted by Gasteiger charge is 2.73. The number of halogens is 8. The van der Waals surface area contributed by atoms with E-state index < -0.39 is 44.4 Å². The van der Waals surface area contributed by atoms with E-state index in [1.54, 1.807) is 0 Å². The molecule has 0 atom stereocenters. The summed E-state index contributed by atoms with van der Waals surface area (Å²) in [5.41, 5.74) is -1.79. The average molecular weight is 424 g/mol. The Labute approximate surface area is 145 Å². The first-order chi connectivity index (χ1) is 12.0. The Hall–Kier alpha value is -2.06. The minimum atomic E-state index is -6.57. The lowest BCUT2D eigenvalue weighted by Gasteiger charge is -2.32. The highest BCUT2D eigenvalue weighted by molar-refractivity contribution is 7.90. The highest BCUT2D eigenvalue weighted by Crippen LogP contribution is 2.51. The van der Waals surface area contributed by atoms with Gasteiger partial charge in [0.2, 0.25) is 0 Å². The molecule has 2 rings (SSSR count). The van der Waals surface area contributed by atoms with E-state index in [1.165, 1.54) is 6.07 Å². The lowest BCUT2D eigenvalue weighted by atomic mass is 10.0. The fraction of sp³-hybridized carbons (Fsp3) is 0.308. The first kappa shape index (κ1) is 21.2. The van der Waals surface area contributed by atoms with Crippen LogP contribution in [0.15, 0.2) is 36.5 Å². The summed E-state index contributed by atoms with van der Waals surface area (Å²) in [6.45, 7) is 0. The number of hydrogen-bond donors (Lipinski definition) is 1. The van der Waals surface area contributed by atoms with Gasteiger partial charge in [-0.05, 0) is 12.1 Å². The van der Waals surface area contributed by atoms with Gasteiger partial charge in [0, 0.05) is 17.1 Å². The van der Waals surface area contributed by atoms with Crippen LogP contribution in [0.4, 0.5) is 35.1 Å². The number of nitrogens with zero attached hydrogens (tertiary/aromatic N) is 1. The van der Waals surface area contributed by atoms with Crippen LogP contribution in [0.2, 0.25) is 0 Å². The molecule has 0 saturated heterocycles. The van der Waals surface area contributed by atoms with Gasteiger partial charge in [-0.15, -0.1) is 0 Å². The molecule has 0 fully saturated rings. The maximum atomic E-state index is 14.2. The van der Waals surface area contributed by atoms with Crippen LogP contribution < -0.4 is 5.14 Å². The zero-order valence-corrected chi connectivity index (χ0v) is 13.5. The van der Waals surface area contributed by atoms with Gasteiger partial charge in [-0.2, -0.15) is 35.1 Å². The third-order valence-electron chi connectivity index (χ3n) is 3.31. The lowest BCUT2D eigenvalue weighted by Crippen LogP contribution is -2.56. The Morgan fingerprint density at radius 2 is 1.44 bits per heavy atom. The smallest absolute Gasteiger partial charge is 0.256 e. The van der Waals surface area contributed by atoms with Crippen LogP contribution >= 0.6 is 0 Å². The maximum absolute atomic E-state index is 14.2. The van der Waals surface area contributed by atoms with Gasteiger partial charge >= 0.3 is 23.4 Å². The second-order valence-corrected chi connectivity index (χ2v) is 6.75. The number of nitrogens with two attached hydrogens (primary N) is 1. The predicted octanol–water partition coefficient (Wildman–Crippen LogP) is 3.41. The SMILES string of the molecule is NS(=O)(=O)C(F)(F)C(F)(F)OC(F)(F)C(F)(F)c1ccnc2ccccc12. The molecule has 0 bridgehead atoms. The van der Waals surface area contributed by atoms with Gasteiger partial charge in [0.05, 0.1) is 5.52 Å². The number of rotatable bonds is 6. The van der Waals surface area contributed by atoms with Gasteiger partial charge in [-0.3, -0.25) is 4.98 Å². The lowest BCUT2D eigenvalue weighted by molar-refractivity contribution is -0.459. The van der Waals surface area contributed by atoms with E-state index in [9.17, 15) is 43.5 Å². The summed E-state index contributed by atoms with van der Waals surface area (Å²) < 4.78 is 132. The van der Waals surface area contributed by atoms with Crippen molar-refractivity contribution in [2.24, 2.45) is 5.14 Å². The van der Waals surface area contributed by atoms with Crippen molar-refractivity contribution in [1.29, 1.82) is 0 Å². The van der Waals surface area contributed by atoms with Crippen LogP contribution in [0.5, 0.6) is 0 Å². The molecule has 1 aromatic heterocycles. The summed E-state index contributed by atoms with van der Waals surface area (Å²) in [5.74, 6) is -5.58. The molecule has 5 nitrogen and oxygen atoms in total. The van der Waals surface area contributed by atoms with Gasteiger partial charge in [-0.1, -0.05) is 18.2 Å². The molecule has 1 aromatic carbocycles. The first-order valence-corrected chi connectivity index (χ1v) is 8.17. The molecule has 14 heteroatoms. The van der Waals surface area contributed by atoms with Gasteiger partial charge in [0.25, 0.3) is 10.0 Å². The van der Waals surface area contributed by atoms with Crippen LogP contribution in [-0.2, 0) is 20.7 Å². The van der Waals surface area contributed by atoms with Crippen molar-refractivity contribution in [3.05, 3.63) is 42.1 Å². The number of alkyl halides is 8. The van der Waals surface area contributed by atoms with Crippen molar-refractivity contribution in [1.82, 2.24) is 4.98 Å². The molecule has 0 aliphatic rings. The van der Waals surface area contributed by atoms with E-state index in [-0.39, 0.29) is 5.52 Å². The summed E-state index contributed by atoms with van der Waals surface area (Å²) in [7, 11) is -6.47. The largest absolute Gasteiger partial charge is 0.448 e. The van der Waals surface area contributed by atoms with Crippen LogP contribution in [0.1, 0.15) is 5.56 Å². The summed E-state index contributed by atoms with van der Waals surface area (Å²) in [4.78, 5) is 3.60. The molecule has 27 heavy (non-hydrogen) atoms. The van der Waals surface area contributed by atoms with Crippen molar-refractivity contribution in [3.63, 3.8) is 0 Å². The van der Waals surface area contributed by atoms with E-state index >= 15 is 0 Å². The number of fused-ring (bicyclic) bond motifs is 1. The molecule has 1 heterocycles. The standard InChI is InChI=1S/C13H8F8N2O3S/c14-10(15,8-5-6-23-9-4-2-1-3-7(8)9)11(16,17)26-12(18,19)13(20,21)27(22,24)25/h1-6H,(H2,22,24,25). The zero-order valence-electron chi connectivity index (χ0n) is 12.6. The van der Waals surface area contributed by atoms with Crippen molar-refractivity contribution >= 4 is 20.9 Å². The second kappa shape index (κ2) is 6.24. The highest BCUT2D eigenvalue weighted by atomic mass is 32.2. The molecular weight excluding hydrogens is 416 g/mol. The molecule has 0 radical (unpaired) electrons. The molecule has 150 valence electrons. The van der Waals surface area contributed by atoms with E-state index in [0.29, 0.717) is 12.3 Å². The molecule has 0 spiro atoms. The molecule has 0 saturated carbocycles. The minimum Gasteiger partial charge on any atom is -0.256 e. The van der Waals surface area contributed by atoms with E-state index in [0.717, 1.165) is 18.2 Å². The van der Waals surface area contributed by atoms with E-state index in [4.69, 9.17) is 0 Å². The zero-order chi connectivity index (χ0) is 20.9. The van der Waals surface area contributed by atoms with E-state index in [2.05, 4.69) is 14.9 Å². The number of hydrogen-bond acceptors (Lipinski definition) is 4. The molecule has 0 unspecified atom stereocenters. The van der Waals surface area contributed by atoms with Crippen molar-refractivity contribution < 1.29 is 48.3 Å². The fourth-order valence-electron chi connectivity index (χ4n) is 1.98. The Morgan fingerprint density at radius 3 is 2.00 bits per heavy atom. The first-order valence-electron chi connectivity index (χ1n) is 6.62. The topological polar surface area (TPSA) is 82.3 Å².